The number of para-hydroxylation sites is 1. The van der Waals surface area contributed by atoms with E-state index in [2.05, 4.69) is 10.3 Å². The number of aromatic amines is 1. The second-order valence-corrected chi connectivity index (χ2v) is 7.04. The number of rotatable bonds is 3. The fourth-order valence-corrected chi connectivity index (χ4v) is 3.52. The topological polar surface area (TPSA) is 74.4 Å². The number of aromatic nitrogens is 1. The molecule has 0 saturated carbocycles. The lowest BCUT2D eigenvalue weighted by Crippen LogP contribution is -2.40. The first-order valence-corrected chi connectivity index (χ1v) is 9.41. The minimum absolute atomic E-state index is 0.0109. The molecule has 28 heavy (non-hydrogen) atoms. The number of hydrogen-bond donors (Lipinski definition) is 2. The molecule has 1 saturated heterocycles. The lowest BCUT2D eigenvalue weighted by atomic mass is 10.1. The summed E-state index contributed by atoms with van der Waals surface area (Å²) in [4.78, 5) is 30.4. The van der Waals surface area contributed by atoms with Crippen molar-refractivity contribution in [2.24, 2.45) is 0 Å². The van der Waals surface area contributed by atoms with Crippen molar-refractivity contribution in [3.8, 4) is 0 Å². The molecule has 6 nitrogen and oxygen atoms in total. The highest BCUT2D eigenvalue weighted by Gasteiger charge is 2.19. The Morgan fingerprint density at radius 1 is 1.04 bits per heavy atom. The number of hydrogen-bond acceptors (Lipinski definition) is 3. The van der Waals surface area contributed by atoms with E-state index in [4.69, 9.17) is 4.74 Å². The Morgan fingerprint density at radius 2 is 1.75 bits per heavy atom. The van der Waals surface area contributed by atoms with Crippen molar-refractivity contribution in [3.05, 3.63) is 64.8 Å². The maximum atomic E-state index is 12.8. The van der Waals surface area contributed by atoms with Crippen molar-refractivity contribution < 1.29 is 14.3 Å². The highest BCUT2D eigenvalue weighted by molar-refractivity contribution is 6.12. The van der Waals surface area contributed by atoms with Crippen LogP contribution in [0.15, 0.2) is 42.5 Å². The molecule has 2 amide bonds. The summed E-state index contributed by atoms with van der Waals surface area (Å²) in [5.41, 5.74) is 4.91. The van der Waals surface area contributed by atoms with Gasteiger partial charge in [-0.25, -0.2) is 0 Å². The summed E-state index contributed by atoms with van der Waals surface area (Å²) in [5.74, 6) is -0.192. The quantitative estimate of drug-likeness (QED) is 0.733. The molecule has 4 rings (SSSR count). The SMILES string of the molecule is Cc1[nH]c2c(C(=O)Nc3ccc(C(=O)N4CCOCC4)cc3)cccc2c1C. The van der Waals surface area contributed by atoms with Crippen LogP contribution in [0, 0.1) is 13.8 Å². The molecule has 0 unspecified atom stereocenters. The first kappa shape index (κ1) is 18.3. The number of carbonyl (C=O) groups excluding carboxylic acids is 2. The van der Waals surface area contributed by atoms with Crippen molar-refractivity contribution in [1.82, 2.24) is 9.88 Å². The third-order valence-electron chi connectivity index (χ3n) is 5.28. The molecule has 0 atom stereocenters. The molecular formula is C22H23N3O3. The molecular weight excluding hydrogens is 354 g/mol. The van der Waals surface area contributed by atoms with Gasteiger partial charge in [0.2, 0.25) is 0 Å². The first-order valence-electron chi connectivity index (χ1n) is 9.41. The van der Waals surface area contributed by atoms with Gasteiger partial charge in [0, 0.05) is 35.4 Å². The van der Waals surface area contributed by atoms with Crippen molar-refractivity contribution in [2.45, 2.75) is 13.8 Å². The Labute approximate surface area is 163 Å². The summed E-state index contributed by atoms with van der Waals surface area (Å²) in [7, 11) is 0. The monoisotopic (exact) mass is 377 g/mol. The molecule has 0 radical (unpaired) electrons. The molecule has 2 N–H and O–H groups in total. The second-order valence-electron chi connectivity index (χ2n) is 7.04. The van der Waals surface area contributed by atoms with Gasteiger partial charge in [0.25, 0.3) is 11.8 Å². The zero-order chi connectivity index (χ0) is 19.7. The Kier molecular flexibility index (Phi) is 4.88. The number of benzene rings is 2. The molecule has 3 aromatic rings. The number of fused-ring (bicyclic) bond motifs is 1. The summed E-state index contributed by atoms with van der Waals surface area (Å²) in [6, 6.07) is 12.7. The molecule has 1 aliphatic rings. The van der Waals surface area contributed by atoms with Crippen LogP contribution >= 0.6 is 0 Å². The Bertz CT molecular complexity index is 1030. The molecule has 0 bridgehead atoms. The summed E-state index contributed by atoms with van der Waals surface area (Å²) in [5, 5.41) is 3.97. The lowest BCUT2D eigenvalue weighted by Gasteiger charge is -2.26. The van der Waals surface area contributed by atoms with Crippen LogP contribution < -0.4 is 5.32 Å². The van der Waals surface area contributed by atoms with Gasteiger partial charge in [0.1, 0.15) is 0 Å². The van der Waals surface area contributed by atoms with Crippen LogP contribution in [0.4, 0.5) is 5.69 Å². The zero-order valence-electron chi connectivity index (χ0n) is 16.0. The second kappa shape index (κ2) is 7.48. The zero-order valence-corrected chi connectivity index (χ0v) is 16.0. The summed E-state index contributed by atoms with van der Waals surface area (Å²) < 4.78 is 5.29. The third-order valence-corrected chi connectivity index (χ3v) is 5.28. The molecule has 1 aliphatic heterocycles. The van der Waals surface area contributed by atoms with Gasteiger partial charge in [-0.05, 0) is 49.7 Å². The summed E-state index contributed by atoms with van der Waals surface area (Å²) in [6.45, 7) is 6.40. The van der Waals surface area contributed by atoms with E-state index in [0.29, 0.717) is 43.1 Å². The predicted octanol–water partition coefficient (Wildman–Crippen LogP) is 3.51. The smallest absolute Gasteiger partial charge is 0.257 e. The summed E-state index contributed by atoms with van der Waals surface area (Å²) in [6.07, 6.45) is 0. The van der Waals surface area contributed by atoms with E-state index < -0.39 is 0 Å². The highest BCUT2D eigenvalue weighted by Crippen LogP contribution is 2.25. The van der Waals surface area contributed by atoms with E-state index in [0.717, 1.165) is 22.2 Å². The number of morpholine rings is 1. The van der Waals surface area contributed by atoms with Crippen LogP contribution in [0.1, 0.15) is 32.0 Å². The first-order chi connectivity index (χ1) is 13.5. The van der Waals surface area contributed by atoms with Crippen LogP contribution in [0.25, 0.3) is 10.9 Å². The standard InChI is InChI=1S/C22H23N3O3/c1-14-15(2)23-20-18(14)4-3-5-19(20)21(26)24-17-8-6-16(7-9-17)22(27)25-10-12-28-13-11-25/h3-9,23H,10-13H2,1-2H3,(H,24,26). The molecule has 1 fully saturated rings. The normalized spacial score (nSPS) is 14.3. The number of H-pyrrole nitrogens is 1. The van der Waals surface area contributed by atoms with Gasteiger partial charge in [-0.1, -0.05) is 12.1 Å². The van der Waals surface area contributed by atoms with E-state index >= 15 is 0 Å². The number of amides is 2. The van der Waals surface area contributed by atoms with Gasteiger partial charge in [-0.15, -0.1) is 0 Å². The Hall–Kier alpha value is -3.12. The fraction of sp³-hybridized carbons (Fsp3) is 0.273. The van der Waals surface area contributed by atoms with Crippen molar-refractivity contribution in [2.75, 3.05) is 31.6 Å². The molecule has 2 aromatic carbocycles. The van der Waals surface area contributed by atoms with Gasteiger partial charge >= 0.3 is 0 Å². The van der Waals surface area contributed by atoms with E-state index in [-0.39, 0.29) is 11.8 Å². The largest absolute Gasteiger partial charge is 0.378 e. The molecule has 2 heterocycles. The summed E-state index contributed by atoms with van der Waals surface area (Å²) >= 11 is 0. The Balaban J connectivity index is 1.51. The van der Waals surface area contributed by atoms with E-state index in [1.807, 2.05) is 32.0 Å². The third kappa shape index (κ3) is 3.39. The number of nitrogens with one attached hydrogen (secondary N) is 2. The lowest BCUT2D eigenvalue weighted by molar-refractivity contribution is 0.0303. The minimum atomic E-state index is -0.181. The van der Waals surface area contributed by atoms with E-state index in [1.165, 1.54) is 0 Å². The van der Waals surface area contributed by atoms with Crippen LogP contribution in [0.3, 0.4) is 0 Å². The van der Waals surface area contributed by atoms with Gasteiger partial charge < -0.3 is 19.9 Å². The average Bonchev–Trinajstić information content (AvgIpc) is 3.02. The molecule has 1 aromatic heterocycles. The van der Waals surface area contributed by atoms with Crippen LogP contribution in [-0.2, 0) is 4.74 Å². The maximum Gasteiger partial charge on any atom is 0.257 e. The fourth-order valence-electron chi connectivity index (χ4n) is 3.52. The number of nitrogens with zero attached hydrogens (tertiary/aromatic N) is 1. The number of anilines is 1. The number of aryl methyl sites for hydroxylation is 2. The Morgan fingerprint density at radius 3 is 2.46 bits per heavy atom. The average molecular weight is 377 g/mol. The van der Waals surface area contributed by atoms with Gasteiger partial charge in [0.05, 0.1) is 24.3 Å². The van der Waals surface area contributed by atoms with Crippen LogP contribution in [-0.4, -0.2) is 48.0 Å². The molecule has 144 valence electrons. The van der Waals surface area contributed by atoms with Gasteiger partial charge in [-0.3, -0.25) is 9.59 Å². The number of carbonyl (C=O) groups is 2. The minimum Gasteiger partial charge on any atom is -0.378 e. The van der Waals surface area contributed by atoms with E-state index in [1.54, 1.807) is 29.2 Å². The van der Waals surface area contributed by atoms with E-state index in [9.17, 15) is 9.59 Å². The highest BCUT2D eigenvalue weighted by atomic mass is 16.5. The molecule has 0 aliphatic carbocycles. The molecule has 6 heteroatoms. The predicted molar refractivity (Wildman–Crippen MR) is 109 cm³/mol. The van der Waals surface area contributed by atoms with Crippen LogP contribution in [0.5, 0.6) is 0 Å². The van der Waals surface area contributed by atoms with Gasteiger partial charge in [-0.2, -0.15) is 0 Å². The van der Waals surface area contributed by atoms with Gasteiger partial charge in [0.15, 0.2) is 0 Å². The number of ether oxygens (including phenoxy) is 1. The molecule has 0 spiro atoms. The van der Waals surface area contributed by atoms with Crippen molar-refractivity contribution in [1.29, 1.82) is 0 Å². The van der Waals surface area contributed by atoms with Crippen molar-refractivity contribution in [3.63, 3.8) is 0 Å². The van der Waals surface area contributed by atoms with Crippen molar-refractivity contribution >= 4 is 28.4 Å². The maximum absolute atomic E-state index is 12.8. The van der Waals surface area contributed by atoms with Crippen LogP contribution in [0.2, 0.25) is 0 Å².